The number of amidine groups is 1. The van der Waals surface area contributed by atoms with Gasteiger partial charge in [-0.1, -0.05) is 28.9 Å². The summed E-state index contributed by atoms with van der Waals surface area (Å²) in [7, 11) is 0. The second-order valence-corrected chi connectivity index (χ2v) is 5.86. The molecule has 0 atom stereocenters. The van der Waals surface area contributed by atoms with Crippen LogP contribution in [0.4, 0.5) is 0 Å². The van der Waals surface area contributed by atoms with Gasteiger partial charge in [0.25, 0.3) is 0 Å². The second kappa shape index (κ2) is 9.22. The molecule has 3 heteroatoms. The average molecular weight is 289 g/mol. The summed E-state index contributed by atoms with van der Waals surface area (Å²) in [6, 6.07) is 0.155. The minimum atomic E-state index is 0.155. The molecule has 0 saturated heterocycles. The number of hydrogen-bond donors (Lipinski definition) is 2. The Kier molecular flexibility index (Phi) is 8.44. The van der Waals surface area contributed by atoms with Gasteiger partial charge in [0.1, 0.15) is 5.84 Å². The molecule has 0 aliphatic rings. The van der Waals surface area contributed by atoms with E-state index in [1.165, 1.54) is 16.7 Å². The highest BCUT2D eigenvalue weighted by Crippen LogP contribution is 2.22. The number of rotatable bonds is 6. The lowest BCUT2D eigenvalue weighted by atomic mass is 9.95. The van der Waals surface area contributed by atoms with Crippen molar-refractivity contribution < 1.29 is 0 Å². The zero-order valence-electron chi connectivity index (χ0n) is 14.6. The van der Waals surface area contributed by atoms with Crippen LogP contribution in [-0.4, -0.2) is 11.9 Å². The molecule has 0 bridgehead atoms. The molecule has 0 unspecified atom stereocenters. The first kappa shape index (κ1) is 19.2. The number of hydrogen-bond acceptors (Lipinski definition) is 2. The molecule has 0 aromatic rings. The van der Waals surface area contributed by atoms with Gasteiger partial charge in [-0.05, 0) is 60.5 Å². The molecular weight excluding hydrogens is 258 g/mol. The predicted octanol–water partition coefficient (Wildman–Crippen LogP) is 4.23. The fourth-order valence-corrected chi connectivity index (χ4v) is 2.04. The number of nitrogens with zero attached hydrogens (tertiary/aromatic N) is 1. The van der Waals surface area contributed by atoms with Crippen LogP contribution in [0.3, 0.4) is 0 Å². The van der Waals surface area contributed by atoms with Crippen molar-refractivity contribution in [3.8, 4) is 0 Å². The Morgan fingerprint density at radius 1 is 1.14 bits per heavy atom. The maximum absolute atomic E-state index is 6.07. The molecule has 0 aliphatic heterocycles. The van der Waals surface area contributed by atoms with Crippen LogP contribution in [0.1, 0.15) is 54.9 Å². The minimum absolute atomic E-state index is 0.155. The van der Waals surface area contributed by atoms with Gasteiger partial charge in [-0.25, -0.2) is 0 Å². The van der Waals surface area contributed by atoms with Crippen LogP contribution in [0.25, 0.3) is 0 Å². The van der Waals surface area contributed by atoms with E-state index in [0.717, 1.165) is 17.6 Å². The van der Waals surface area contributed by atoms with Gasteiger partial charge < -0.3 is 11.5 Å². The summed E-state index contributed by atoms with van der Waals surface area (Å²) in [6.45, 7) is 14.5. The molecule has 0 spiro atoms. The fraction of sp³-hybridized carbons (Fsp3) is 0.500. The third-order valence-electron chi connectivity index (χ3n) is 3.17. The van der Waals surface area contributed by atoms with Gasteiger partial charge in [-0.15, -0.1) is 0 Å². The summed E-state index contributed by atoms with van der Waals surface area (Å²) < 4.78 is 0. The Bertz CT molecular complexity index is 497. The van der Waals surface area contributed by atoms with Crippen molar-refractivity contribution in [2.24, 2.45) is 16.5 Å². The number of allylic oxidation sites excluding steroid dienone is 5. The molecule has 0 saturated carbocycles. The number of aliphatic imine (C=N–C) groups is 1. The van der Waals surface area contributed by atoms with Gasteiger partial charge in [0.15, 0.2) is 0 Å². The molecular formula is C18H31N3. The molecule has 118 valence electrons. The highest BCUT2D eigenvalue weighted by Gasteiger charge is 2.10. The lowest BCUT2D eigenvalue weighted by Crippen LogP contribution is -2.20. The third-order valence-corrected chi connectivity index (χ3v) is 3.17. The average Bonchev–Trinajstić information content (AvgIpc) is 2.36. The highest BCUT2D eigenvalue weighted by molar-refractivity contribution is 6.01. The van der Waals surface area contributed by atoms with Crippen LogP contribution in [0.15, 0.2) is 51.2 Å². The molecule has 0 radical (unpaired) electrons. The van der Waals surface area contributed by atoms with E-state index >= 15 is 0 Å². The monoisotopic (exact) mass is 289 g/mol. The second-order valence-electron chi connectivity index (χ2n) is 5.86. The molecule has 21 heavy (non-hydrogen) atoms. The normalized spacial score (nSPS) is 15.1. The van der Waals surface area contributed by atoms with Gasteiger partial charge in [0.2, 0.25) is 0 Å². The van der Waals surface area contributed by atoms with E-state index in [1.54, 1.807) is 6.20 Å². The Balaban J connectivity index is 5.42. The van der Waals surface area contributed by atoms with Crippen molar-refractivity contribution in [2.75, 3.05) is 0 Å². The lowest BCUT2D eigenvalue weighted by molar-refractivity contribution is 0.833. The summed E-state index contributed by atoms with van der Waals surface area (Å²) in [4.78, 5) is 4.40. The van der Waals surface area contributed by atoms with Gasteiger partial charge in [0, 0.05) is 17.8 Å². The zero-order valence-corrected chi connectivity index (χ0v) is 14.6. The van der Waals surface area contributed by atoms with Crippen molar-refractivity contribution in [3.05, 3.63) is 46.2 Å². The van der Waals surface area contributed by atoms with Crippen LogP contribution in [0.2, 0.25) is 0 Å². The predicted molar refractivity (Wildman–Crippen MR) is 95.2 cm³/mol. The maximum Gasteiger partial charge on any atom is 0.127 e. The maximum atomic E-state index is 6.07. The van der Waals surface area contributed by atoms with Crippen molar-refractivity contribution in [1.29, 1.82) is 0 Å². The zero-order chi connectivity index (χ0) is 16.6. The van der Waals surface area contributed by atoms with E-state index in [4.69, 9.17) is 11.5 Å². The Labute approximate surface area is 130 Å². The SMILES string of the molecule is C/C=C(/C/C(C)=C(\C)C=C(C)C)C(=CN)C(N)=NC(C)C. The van der Waals surface area contributed by atoms with Gasteiger partial charge in [0.05, 0.1) is 0 Å². The smallest absolute Gasteiger partial charge is 0.127 e. The first-order valence-corrected chi connectivity index (χ1v) is 7.45. The van der Waals surface area contributed by atoms with Crippen LogP contribution >= 0.6 is 0 Å². The molecule has 0 amide bonds. The molecule has 0 fully saturated rings. The molecule has 0 aromatic carbocycles. The van der Waals surface area contributed by atoms with Crippen molar-refractivity contribution in [1.82, 2.24) is 0 Å². The lowest BCUT2D eigenvalue weighted by Gasteiger charge is -2.14. The quantitative estimate of drug-likeness (QED) is 0.436. The molecule has 3 nitrogen and oxygen atoms in total. The van der Waals surface area contributed by atoms with Gasteiger partial charge >= 0.3 is 0 Å². The van der Waals surface area contributed by atoms with Gasteiger partial charge in [-0.2, -0.15) is 0 Å². The molecule has 0 aliphatic carbocycles. The largest absolute Gasteiger partial charge is 0.404 e. The van der Waals surface area contributed by atoms with E-state index in [1.807, 2.05) is 20.8 Å². The number of nitrogens with two attached hydrogens (primary N) is 2. The van der Waals surface area contributed by atoms with Crippen LogP contribution in [0.5, 0.6) is 0 Å². The standard InChI is InChI=1S/C18H31N3/c1-8-16(10-15(7)14(6)9-12(2)3)17(11-19)18(20)21-13(4)5/h8-9,11,13H,10,19H2,1-7H3,(H2,20,21)/b15-14+,16-8-,17-11?. The summed E-state index contributed by atoms with van der Waals surface area (Å²) in [5.74, 6) is 0.508. The van der Waals surface area contributed by atoms with E-state index in [-0.39, 0.29) is 6.04 Å². The van der Waals surface area contributed by atoms with E-state index in [9.17, 15) is 0 Å². The summed E-state index contributed by atoms with van der Waals surface area (Å²) in [6.07, 6.45) is 6.63. The first-order chi connectivity index (χ1) is 9.72. The van der Waals surface area contributed by atoms with E-state index in [0.29, 0.717) is 5.84 Å². The minimum Gasteiger partial charge on any atom is -0.404 e. The molecule has 4 N–H and O–H groups in total. The Morgan fingerprint density at radius 2 is 1.71 bits per heavy atom. The van der Waals surface area contributed by atoms with Crippen LogP contribution in [-0.2, 0) is 0 Å². The van der Waals surface area contributed by atoms with E-state index in [2.05, 4.69) is 44.8 Å². The molecule has 0 heterocycles. The van der Waals surface area contributed by atoms with Crippen LogP contribution in [0, 0.1) is 0 Å². The molecule has 0 aromatic heterocycles. The third kappa shape index (κ3) is 6.98. The van der Waals surface area contributed by atoms with Crippen molar-refractivity contribution >= 4 is 5.84 Å². The summed E-state index contributed by atoms with van der Waals surface area (Å²) >= 11 is 0. The van der Waals surface area contributed by atoms with Gasteiger partial charge in [-0.3, -0.25) is 4.99 Å². The topological polar surface area (TPSA) is 64.4 Å². The Morgan fingerprint density at radius 3 is 2.10 bits per heavy atom. The first-order valence-electron chi connectivity index (χ1n) is 7.45. The van der Waals surface area contributed by atoms with Crippen molar-refractivity contribution in [3.63, 3.8) is 0 Å². The van der Waals surface area contributed by atoms with Crippen molar-refractivity contribution in [2.45, 2.75) is 60.9 Å². The van der Waals surface area contributed by atoms with Crippen LogP contribution < -0.4 is 11.5 Å². The Hall–Kier alpha value is -1.77. The summed E-state index contributed by atoms with van der Waals surface area (Å²) in [5.41, 5.74) is 17.7. The molecule has 0 rings (SSSR count). The fourth-order valence-electron chi connectivity index (χ4n) is 2.04. The van der Waals surface area contributed by atoms with E-state index < -0.39 is 0 Å². The highest BCUT2D eigenvalue weighted by atomic mass is 14.9. The summed E-state index contributed by atoms with van der Waals surface area (Å²) in [5, 5.41) is 0.